The van der Waals surface area contributed by atoms with Gasteiger partial charge in [-0.15, -0.1) is 11.3 Å². The highest BCUT2D eigenvalue weighted by atomic mass is 32.1. The summed E-state index contributed by atoms with van der Waals surface area (Å²) in [5.74, 6) is 1.62. The smallest absolute Gasteiger partial charge is 0.289 e. The van der Waals surface area contributed by atoms with Crippen LogP contribution in [0.3, 0.4) is 0 Å². The zero-order valence-corrected chi connectivity index (χ0v) is 15.9. The van der Waals surface area contributed by atoms with E-state index in [0.717, 1.165) is 5.76 Å². The molecule has 140 valence electrons. The van der Waals surface area contributed by atoms with E-state index in [1.165, 1.54) is 17.6 Å². The summed E-state index contributed by atoms with van der Waals surface area (Å²) in [5, 5.41) is 0.704. The number of rotatable bonds is 3. The predicted molar refractivity (Wildman–Crippen MR) is 99.8 cm³/mol. The zero-order chi connectivity index (χ0) is 19.0. The standard InChI is InChI=1S/C19H19N3O4S/c1-12-5-6-14(26-12)17-20-13(2)16(27-17)19(24)22-9-7-21(8-10-22)18(23)15-4-3-11-25-15/h3-6,11H,7-10H2,1-2H3. The van der Waals surface area contributed by atoms with E-state index in [4.69, 9.17) is 8.83 Å². The van der Waals surface area contributed by atoms with E-state index in [2.05, 4.69) is 4.98 Å². The number of carbonyl (C=O) groups is 2. The molecule has 0 spiro atoms. The van der Waals surface area contributed by atoms with Crippen LogP contribution in [0.5, 0.6) is 0 Å². The third-order valence-corrected chi connectivity index (χ3v) is 5.69. The van der Waals surface area contributed by atoms with Crippen LogP contribution < -0.4 is 0 Å². The van der Waals surface area contributed by atoms with Crippen molar-refractivity contribution in [2.24, 2.45) is 0 Å². The van der Waals surface area contributed by atoms with E-state index >= 15 is 0 Å². The Kier molecular flexibility index (Phi) is 4.57. The van der Waals surface area contributed by atoms with Gasteiger partial charge >= 0.3 is 0 Å². The van der Waals surface area contributed by atoms with Crippen LogP contribution in [0.4, 0.5) is 0 Å². The number of nitrogens with zero attached hydrogens (tertiary/aromatic N) is 3. The third kappa shape index (κ3) is 3.40. The molecule has 0 radical (unpaired) electrons. The summed E-state index contributed by atoms with van der Waals surface area (Å²) in [6.45, 7) is 5.63. The Hall–Kier alpha value is -2.87. The molecule has 0 saturated carbocycles. The fourth-order valence-electron chi connectivity index (χ4n) is 3.06. The first-order chi connectivity index (χ1) is 13.0. The molecule has 0 atom stereocenters. The van der Waals surface area contributed by atoms with Crippen LogP contribution in [0.2, 0.25) is 0 Å². The van der Waals surface area contributed by atoms with Crippen LogP contribution in [0.15, 0.2) is 39.4 Å². The molecule has 4 heterocycles. The van der Waals surface area contributed by atoms with Crippen molar-refractivity contribution in [2.45, 2.75) is 13.8 Å². The highest BCUT2D eigenvalue weighted by molar-refractivity contribution is 7.17. The minimum absolute atomic E-state index is 0.0513. The molecule has 1 aliphatic heterocycles. The molecule has 0 bridgehead atoms. The molecule has 1 aliphatic rings. The molecular weight excluding hydrogens is 366 g/mol. The second-order valence-electron chi connectivity index (χ2n) is 6.41. The van der Waals surface area contributed by atoms with Gasteiger partial charge in [-0.3, -0.25) is 9.59 Å². The number of aryl methyl sites for hydroxylation is 2. The molecule has 27 heavy (non-hydrogen) atoms. The third-order valence-electron chi connectivity index (χ3n) is 4.53. The van der Waals surface area contributed by atoms with Crippen molar-refractivity contribution < 1.29 is 18.4 Å². The maximum absolute atomic E-state index is 12.9. The quantitative estimate of drug-likeness (QED) is 0.692. The summed E-state index contributed by atoms with van der Waals surface area (Å²) in [7, 11) is 0. The maximum Gasteiger partial charge on any atom is 0.289 e. The average molecular weight is 385 g/mol. The van der Waals surface area contributed by atoms with E-state index in [9.17, 15) is 9.59 Å². The van der Waals surface area contributed by atoms with Crippen molar-refractivity contribution in [1.82, 2.24) is 14.8 Å². The summed E-state index contributed by atoms with van der Waals surface area (Å²) >= 11 is 1.34. The van der Waals surface area contributed by atoms with Gasteiger partial charge < -0.3 is 18.6 Å². The van der Waals surface area contributed by atoms with Crippen molar-refractivity contribution >= 4 is 23.2 Å². The Morgan fingerprint density at radius 3 is 2.33 bits per heavy atom. The van der Waals surface area contributed by atoms with Crippen LogP contribution in [0.1, 0.15) is 31.7 Å². The Morgan fingerprint density at radius 2 is 1.74 bits per heavy atom. The second-order valence-corrected chi connectivity index (χ2v) is 7.40. The lowest BCUT2D eigenvalue weighted by molar-refractivity contribution is 0.0520. The molecule has 1 fully saturated rings. The Labute approximate surface area is 160 Å². The molecule has 3 aromatic heterocycles. The molecule has 0 aliphatic carbocycles. The van der Waals surface area contributed by atoms with Crippen molar-refractivity contribution in [1.29, 1.82) is 0 Å². The minimum Gasteiger partial charge on any atom is -0.459 e. The van der Waals surface area contributed by atoms with Gasteiger partial charge in [0.05, 0.1) is 12.0 Å². The van der Waals surface area contributed by atoms with Crippen LogP contribution in [0, 0.1) is 13.8 Å². The fourth-order valence-corrected chi connectivity index (χ4v) is 4.06. The van der Waals surface area contributed by atoms with Crippen molar-refractivity contribution in [3.8, 4) is 10.8 Å². The number of carbonyl (C=O) groups excluding carboxylic acids is 2. The normalized spacial score (nSPS) is 14.6. The van der Waals surface area contributed by atoms with Gasteiger partial charge in [-0.25, -0.2) is 4.98 Å². The van der Waals surface area contributed by atoms with E-state index < -0.39 is 0 Å². The number of hydrogen-bond donors (Lipinski definition) is 0. The van der Waals surface area contributed by atoms with Gasteiger partial charge in [-0.1, -0.05) is 0 Å². The molecule has 4 rings (SSSR count). The molecule has 0 aromatic carbocycles. The topological polar surface area (TPSA) is 79.8 Å². The molecule has 1 saturated heterocycles. The first-order valence-electron chi connectivity index (χ1n) is 8.69. The first kappa shape index (κ1) is 17.5. The van der Waals surface area contributed by atoms with Gasteiger partial charge in [-0.2, -0.15) is 0 Å². The van der Waals surface area contributed by atoms with Crippen LogP contribution in [0.25, 0.3) is 10.8 Å². The number of hydrogen-bond acceptors (Lipinski definition) is 6. The van der Waals surface area contributed by atoms with Gasteiger partial charge in [-0.05, 0) is 38.1 Å². The monoisotopic (exact) mass is 385 g/mol. The van der Waals surface area contributed by atoms with Gasteiger partial charge in [0, 0.05) is 26.2 Å². The van der Waals surface area contributed by atoms with Crippen molar-refractivity contribution in [3.63, 3.8) is 0 Å². The average Bonchev–Trinajstić information content (AvgIpc) is 3.41. The van der Waals surface area contributed by atoms with Gasteiger partial charge in [0.15, 0.2) is 16.5 Å². The van der Waals surface area contributed by atoms with Gasteiger partial charge in [0.25, 0.3) is 11.8 Å². The first-order valence-corrected chi connectivity index (χ1v) is 9.51. The summed E-state index contributed by atoms with van der Waals surface area (Å²) in [6, 6.07) is 7.08. The van der Waals surface area contributed by atoms with Gasteiger partial charge in [0.1, 0.15) is 10.6 Å². The van der Waals surface area contributed by atoms with Crippen LogP contribution >= 0.6 is 11.3 Å². The maximum atomic E-state index is 12.9. The Morgan fingerprint density at radius 1 is 1.04 bits per heavy atom. The molecule has 0 unspecified atom stereocenters. The summed E-state index contributed by atoms with van der Waals surface area (Å²) in [5.41, 5.74) is 0.697. The summed E-state index contributed by atoms with van der Waals surface area (Å²) in [4.78, 5) is 33.8. The Balaban J connectivity index is 1.44. The number of aromatic nitrogens is 1. The predicted octanol–water partition coefficient (Wildman–Crippen LogP) is 3.21. The minimum atomic E-state index is -0.142. The molecule has 7 nitrogen and oxygen atoms in total. The van der Waals surface area contributed by atoms with Crippen LogP contribution in [-0.2, 0) is 0 Å². The number of amides is 2. The van der Waals surface area contributed by atoms with E-state index in [1.54, 1.807) is 21.9 Å². The zero-order valence-electron chi connectivity index (χ0n) is 15.1. The lowest BCUT2D eigenvalue weighted by atomic mass is 10.2. The van der Waals surface area contributed by atoms with Crippen LogP contribution in [-0.4, -0.2) is 52.8 Å². The SMILES string of the molecule is Cc1ccc(-c2nc(C)c(C(=O)N3CCN(C(=O)c4ccco4)CC3)s2)o1. The number of furan rings is 2. The molecule has 2 amide bonds. The lowest BCUT2D eigenvalue weighted by Crippen LogP contribution is -2.50. The van der Waals surface area contributed by atoms with Crippen molar-refractivity contribution in [2.75, 3.05) is 26.2 Å². The summed E-state index contributed by atoms with van der Waals surface area (Å²) in [6.07, 6.45) is 1.48. The molecule has 8 heteroatoms. The highest BCUT2D eigenvalue weighted by Gasteiger charge is 2.28. The highest BCUT2D eigenvalue weighted by Crippen LogP contribution is 2.30. The van der Waals surface area contributed by atoms with Crippen molar-refractivity contribution in [3.05, 3.63) is 52.6 Å². The van der Waals surface area contributed by atoms with E-state index in [1.807, 2.05) is 26.0 Å². The number of piperazine rings is 1. The fraction of sp³-hybridized carbons (Fsp3) is 0.316. The van der Waals surface area contributed by atoms with E-state index in [-0.39, 0.29) is 11.8 Å². The van der Waals surface area contributed by atoms with Gasteiger partial charge in [0.2, 0.25) is 0 Å². The lowest BCUT2D eigenvalue weighted by Gasteiger charge is -2.34. The summed E-state index contributed by atoms with van der Waals surface area (Å²) < 4.78 is 10.8. The largest absolute Gasteiger partial charge is 0.459 e. The number of thiazole rings is 1. The molecule has 0 N–H and O–H groups in total. The molecule has 3 aromatic rings. The molecular formula is C19H19N3O4S. The Bertz CT molecular complexity index is 965. The second kappa shape index (κ2) is 7.03. The van der Waals surface area contributed by atoms with E-state index in [0.29, 0.717) is 53.3 Å².